The molecule has 2 amide bonds. The van der Waals surface area contributed by atoms with E-state index in [0.29, 0.717) is 18.5 Å². The normalized spacial score (nSPS) is 13.9. The number of aryl methyl sites for hydroxylation is 1. The highest BCUT2D eigenvalue weighted by atomic mass is 35.5. The molecular weight excluding hydrogens is 285 g/mol. The summed E-state index contributed by atoms with van der Waals surface area (Å²) in [7, 11) is 0. The molecule has 1 aliphatic rings. The standard InChI is InChI=1S/C13H16FN3O2.ClH/c1-13(2,15)12(19)17-10-6-9-7(5-8(10)14)3-4-11(18)16-9;/h5-6H,3-4,15H2,1-2H3,(H,16,18)(H,17,19);1H. The van der Waals surface area contributed by atoms with E-state index in [0.717, 1.165) is 5.56 Å². The van der Waals surface area contributed by atoms with E-state index < -0.39 is 17.3 Å². The third-order valence-corrected chi connectivity index (χ3v) is 2.92. The number of rotatable bonds is 2. The maximum Gasteiger partial charge on any atom is 0.243 e. The van der Waals surface area contributed by atoms with Crippen LogP contribution in [0.25, 0.3) is 0 Å². The lowest BCUT2D eigenvalue weighted by Crippen LogP contribution is -2.45. The SMILES string of the molecule is CC(C)(N)C(=O)Nc1cc2c(cc1F)CCC(=O)N2.Cl. The second-order valence-electron chi connectivity index (χ2n) is 5.21. The highest BCUT2D eigenvalue weighted by Gasteiger charge is 2.24. The number of hydrogen-bond donors (Lipinski definition) is 3. The molecular formula is C13H17ClFN3O2. The molecule has 1 heterocycles. The Balaban J connectivity index is 0.00000200. The first-order chi connectivity index (χ1) is 8.77. The van der Waals surface area contributed by atoms with Gasteiger partial charge in [-0.3, -0.25) is 9.59 Å². The number of nitrogens with two attached hydrogens (primary N) is 1. The van der Waals surface area contributed by atoms with Gasteiger partial charge in [-0.05, 0) is 38.0 Å². The molecule has 0 aromatic heterocycles. The van der Waals surface area contributed by atoms with Gasteiger partial charge in [-0.25, -0.2) is 4.39 Å². The zero-order valence-corrected chi connectivity index (χ0v) is 12.1. The summed E-state index contributed by atoms with van der Waals surface area (Å²) in [5.74, 6) is -1.14. The van der Waals surface area contributed by atoms with Crippen molar-refractivity contribution in [3.05, 3.63) is 23.5 Å². The lowest BCUT2D eigenvalue weighted by Gasteiger charge is -2.21. The summed E-state index contributed by atoms with van der Waals surface area (Å²) in [6.45, 7) is 3.06. The maximum atomic E-state index is 13.9. The number of halogens is 2. The fourth-order valence-corrected chi connectivity index (χ4v) is 1.78. The summed E-state index contributed by atoms with van der Waals surface area (Å²) in [4.78, 5) is 23.0. The minimum Gasteiger partial charge on any atom is -0.326 e. The smallest absolute Gasteiger partial charge is 0.243 e. The summed E-state index contributed by atoms with van der Waals surface area (Å²) in [6.07, 6.45) is 0.836. The Morgan fingerprint density at radius 1 is 1.40 bits per heavy atom. The van der Waals surface area contributed by atoms with Gasteiger partial charge in [-0.2, -0.15) is 0 Å². The number of hydrogen-bond acceptors (Lipinski definition) is 3. The molecule has 0 spiro atoms. The molecule has 0 saturated heterocycles. The van der Waals surface area contributed by atoms with Crippen LogP contribution in [-0.4, -0.2) is 17.4 Å². The van der Waals surface area contributed by atoms with Crippen LogP contribution >= 0.6 is 12.4 Å². The van der Waals surface area contributed by atoms with E-state index >= 15 is 0 Å². The number of benzene rings is 1. The average Bonchev–Trinajstić information content (AvgIpc) is 2.29. The van der Waals surface area contributed by atoms with E-state index in [1.165, 1.54) is 26.0 Å². The van der Waals surface area contributed by atoms with Crippen LogP contribution < -0.4 is 16.4 Å². The Morgan fingerprint density at radius 2 is 2.05 bits per heavy atom. The van der Waals surface area contributed by atoms with Crippen LogP contribution in [-0.2, 0) is 16.0 Å². The molecule has 4 N–H and O–H groups in total. The summed E-state index contributed by atoms with van der Waals surface area (Å²) in [6, 6.07) is 2.75. The molecule has 7 heteroatoms. The van der Waals surface area contributed by atoms with Gasteiger partial charge in [0.15, 0.2) is 0 Å². The van der Waals surface area contributed by atoms with Crippen molar-refractivity contribution in [3.63, 3.8) is 0 Å². The first-order valence-electron chi connectivity index (χ1n) is 6.00. The van der Waals surface area contributed by atoms with Gasteiger partial charge < -0.3 is 16.4 Å². The molecule has 1 aromatic carbocycles. The summed E-state index contributed by atoms with van der Waals surface area (Å²) < 4.78 is 13.9. The number of nitrogens with one attached hydrogen (secondary N) is 2. The van der Waals surface area contributed by atoms with E-state index in [1.54, 1.807) is 0 Å². The Hall–Kier alpha value is -1.66. The van der Waals surface area contributed by atoms with Gasteiger partial charge in [0.25, 0.3) is 0 Å². The van der Waals surface area contributed by atoms with Gasteiger partial charge >= 0.3 is 0 Å². The molecule has 1 aliphatic heterocycles. The predicted octanol–water partition coefficient (Wildman–Crippen LogP) is 1.81. The molecule has 0 radical (unpaired) electrons. The Bertz CT molecular complexity index is 555. The third-order valence-electron chi connectivity index (χ3n) is 2.92. The van der Waals surface area contributed by atoms with Crippen molar-refractivity contribution in [2.24, 2.45) is 5.73 Å². The number of carbonyl (C=O) groups is 2. The van der Waals surface area contributed by atoms with Gasteiger partial charge in [0, 0.05) is 12.1 Å². The van der Waals surface area contributed by atoms with Crippen molar-refractivity contribution >= 4 is 35.6 Å². The molecule has 0 bridgehead atoms. The van der Waals surface area contributed by atoms with Crippen LogP contribution in [0, 0.1) is 5.82 Å². The molecule has 20 heavy (non-hydrogen) atoms. The molecule has 2 rings (SSSR count). The van der Waals surface area contributed by atoms with Gasteiger partial charge in [0.1, 0.15) is 5.82 Å². The molecule has 0 fully saturated rings. The van der Waals surface area contributed by atoms with Crippen LogP contribution in [0.5, 0.6) is 0 Å². The lowest BCUT2D eigenvalue weighted by molar-refractivity contribution is -0.120. The van der Waals surface area contributed by atoms with Crippen molar-refractivity contribution < 1.29 is 14.0 Å². The Kier molecular flexibility index (Phi) is 4.73. The van der Waals surface area contributed by atoms with E-state index in [4.69, 9.17) is 5.73 Å². The van der Waals surface area contributed by atoms with Gasteiger partial charge in [0.2, 0.25) is 11.8 Å². The van der Waals surface area contributed by atoms with Gasteiger partial charge in [-0.1, -0.05) is 0 Å². The first-order valence-corrected chi connectivity index (χ1v) is 6.00. The van der Waals surface area contributed by atoms with Crippen molar-refractivity contribution in [1.29, 1.82) is 0 Å². The third kappa shape index (κ3) is 3.46. The van der Waals surface area contributed by atoms with Crippen LogP contribution in [0.4, 0.5) is 15.8 Å². The highest BCUT2D eigenvalue weighted by Crippen LogP contribution is 2.28. The van der Waals surface area contributed by atoms with Crippen molar-refractivity contribution in [1.82, 2.24) is 0 Å². The quantitative estimate of drug-likeness (QED) is 0.779. The molecule has 110 valence electrons. The van der Waals surface area contributed by atoms with E-state index in [9.17, 15) is 14.0 Å². The minimum atomic E-state index is -1.11. The predicted molar refractivity (Wildman–Crippen MR) is 77.5 cm³/mol. The van der Waals surface area contributed by atoms with Crippen LogP contribution in [0.15, 0.2) is 12.1 Å². The second kappa shape index (κ2) is 5.76. The second-order valence-corrected chi connectivity index (χ2v) is 5.21. The van der Waals surface area contributed by atoms with E-state index in [1.807, 2.05) is 0 Å². The van der Waals surface area contributed by atoms with Crippen LogP contribution in [0.3, 0.4) is 0 Å². The largest absolute Gasteiger partial charge is 0.326 e. The van der Waals surface area contributed by atoms with Crippen molar-refractivity contribution in [2.45, 2.75) is 32.2 Å². The minimum absolute atomic E-state index is 0. The molecule has 0 saturated carbocycles. The lowest BCUT2D eigenvalue weighted by atomic mass is 10.0. The first kappa shape index (κ1) is 16.4. The summed E-state index contributed by atoms with van der Waals surface area (Å²) in [5.41, 5.74) is 5.80. The van der Waals surface area contributed by atoms with Crippen LogP contribution in [0.1, 0.15) is 25.8 Å². The topological polar surface area (TPSA) is 84.2 Å². The Morgan fingerprint density at radius 3 is 2.65 bits per heavy atom. The highest BCUT2D eigenvalue weighted by molar-refractivity contribution is 5.99. The fraction of sp³-hybridized carbons (Fsp3) is 0.385. The average molecular weight is 302 g/mol. The van der Waals surface area contributed by atoms with Gasteiger partial charge in [-0.15, -0.1) is 12.4 Å². The van der Waals surface area contributed by atoms with E-state index in [-0.39, 0.29) is 24.0 Å². The van der Waals surface area contributed by atoms with Crippen LogP contribution in [0.2, 0.25) is 0 Å². The summed E-state index contributed by atoms with van der Waals surface area (Å²) in [5, 5.41) is 5.08. The molecule has 0 atom stereocenters. The van der Waals surface area contributed by atoms with Gasteiger partial charge in [0.05, 0.1) is 11.2 Å². The zero-order valence-electron chi connectivity index (χ0n) is 11.2. The fourth-order valence-electron chi connectivity index (χ4n) is 1.78. The number of fused-ring (bicyclic) bond motifs is 1. The number of carbonyl (C=O) groups excluding carboxylic acids is 2. The van der Waals surface area contributed by atoms with Crippen molar-refractivity contribution in [2.75, 3.05) is 10.6 Å². The number of anilines is 2. The zero-order chi connectivity index (χ0) is 14.2. The maximum absolute atomic E-state index is 13.9. The molecule has 5 nitrogen and oxygen atoms in total. The molecule has 0 aliphatic carbocycles. The van der Waals surface area contributed by atoms with Crippen molar-refractivity contribution in [3.8, 4) is 0 Å². The Labute approximate surface area is 122 Å². The summed E-state index contributed by atoms with van der Waals surface area (Å²) >= 11 is 0. The monoisotopic (exact) mass is 301 g/mol. The molecule has 1 aromatic rings. The molecule has 0 unspecified atom stereocenters. The van der Waals surface area contributed by atoms with E-state index in [2.05, 4.69) is 10.6 Å². The number of amides is 2.